The fourth-order valence-corrected chi connectivity index (χ4v) is 2.24. The molecule has 2 heteroatoms. The Morgan fingerprint density at radius 3 is 2.50 bits per heavy atom. The van der Waals surface area contributed by atoms with Gasteiger partial charge in [-0.15, -0.1) is 0 Å². The molecule has 0 amide bonds. The number of rotatable bonds is 6. The molecule has 20 heavy (non-hydrogen) atoms. The van der Waals surface area contributed by atoms with Crippen LogP contribution in [0.1, 0.15) is 29.7 Å². The van der Waals surface area contributed by atoms with Crippen LogP contribution in [0.25, 0.3) is 0 Å². The van der Waals surface area contributed by atoms with E-state index in [1.807, 2.05) is 6.07 Å². The van der Waals surface area contributed by atoms with E-state index in [1.54, 1.807) is 0 Å². The molecule has 106 valence electrons. The van der Waals surface area contributed by atoms with Crippen molar-refractivity contribution in [3.05, 3.63) is 65.2 Å². The molecule has 2 rings (SSSR count). The first-order chi connectivity index (χ1) is 9.70. The summed E-state index contributed by atoms with van der Waals surface area (Å²) in [4.78, 5) is 0. The average Bonchev–Trinajstić information content (AvgIpc) is 2.47. The van der Waals surface area contributed by atoms with E-state index >= 15 is 0 Å². The summed E-state index contributed by atoms with van der Waals surface area (Å²) in [5, 5.41) is 3.48. The Hall–Kier alpha value is -1.80. The van der Waals surface area contributed by atoms with Gasteiger partial charge in [-0.05, 0) is 43.1 Å². The molecule has 2 aromatic carbocycles. The molecule has 0 bridgehead atoms. The van der Waals surface area contributed by atoms with E-state index in [1.165, 1.54) is 16.7 Å². The van der Waals surface area contributed by atoms with Crippen LogP contribution in [-0.2, 0) is 0 Å². The average molecular weight is 269 g/mol. The van der Waals surface area contributed by atoms with E-state index in [4.69, 9.17) is 4.74 Å². The number of hydrogen-bond acceptors (Lipinski definition) is 2. The SMILES string of the molecule is CCNC(COc1cc(C)ccc1C)c1ccccc1. The van der Waals surface area contributed by atoms with Crippen LogP contribution in [0.5, 0.6) is 5.75 Å². The number of ether oxygens (including phenoxy) is 1. The van der Waals surface area contributed by atoms with Gasteiger partial charge in [-0.25, -0.2) is 0 Å². The minimum atomic E-state index is 0.223. The predicted molar refractivity (Wildman–Crippen MR) is 84.3 cm³/mol. The van der Waals surface area contributed by atoms with E-state index in [0.29, 0.717) is 6.61 Å². The van der Waals surface area contributed by atoms with Crippen LogP contribution in [0.3, 0.4) is 0 Å². The Morgan fingerprint density at radius 2 is 1.80 bits per heavy atom. The highest BCUT2D eigenvalue weighted by Crippen LogP contribution is 2.21. The Kier molecular flexibility index (Phi) is 5.19. The number of aryl methyl sites for hydroxylation is 2. The minimum Gasteiger partial charge on any atom is -0.491 e. The van der Waals surface area contributed by atoms with Gasteiger partial charge >= 0.3 is 0 Å². The summed E-state index contributed by atoms with van der Waals surface area (Å²) in [6.45, 7) is 7.86. The Morgan fingerprint density at radius 1 is 1.05 bits per heavy atom. The Labute approximate surface area is 121 Å². The molecule has 0 aliphatic rings. The van der Waals surface area contributed by atoms with Crippen molar-refractivity contribution in [3.63, 3.8) is 0 Å². The lowest BCUT2D eigenvalue weighted by Gasteiger charge is -2.20. The lowest BCUT2D eigenvalue weighted by atomic mass is 10.1. The fraction of sp³-hybridized carbons (Fsp3) is 0.333. The van der Waals surface area contributed by atoms with Crippen molar-refractivity contribution in [1.82, 2.24) is 5.32 Å². The van der Waals surface area contributed by atoms with Crippen molar-refractivity contribution in [1.29, 1.82) is 0 Å². The molecule has 0 aromatic heterocycles. The zero-order valence-electron chi connectivity index (χ0n) is 12.5. The molecule has 0 fully saturated rings. The lowest BCUT2D eigenvalue weighted by molar-refractivity contribution is 0.266. The zero-order chi connectivity index (χ0) is 14.4. The zero-order valence-corrected chi connectivity index (χ0v) is 12.5. The first kappa shape index (κ1) is 14.6. The topological polar surface area (TPSA) is 21.3 Å². The van der Waals surface area contributed by atoms with Crippen LogP contribution >= 0.6 is 0 Å². The summed E-state index contributed by atoms with van der Waals surface area (Å²) >= 11 is 0. The van der Waals surface area contributed by atoms with E-state index < -0.39 is 0 Å². The van der Waals surface area contributed by atoms with E-state index in [2.05, 4.69) is 68.6 Å². The molecule has 1 atom stereocenters. The van der Waals surface area contributed by atoms with Gasteiger partial charge in [-0.2, -0.15) is 0 Å². The summed E-state index contributed by atoms with van der Waals surface area (Å²) in [5.41, 5.74) is 3.67. The van der Waals surface area contributed by atoms with Gasteiger partial charge < -0.3 is 10.1 Å². The number of nitrogens with one attached hydrogen (secondary N) is 1. The third-order valence-corrected chi connectivity index (χ3v) is 3.40. The normalized spacial score (nSPS) is 12.2. The van der Waals surface area contributed by atoms with Crippen LogP contribution in [0.15, 0.2) is 48.5 Å². The van der Waals surface area contributed by atoms with Crippen LogP contribution < -0.4 is 10.1 Å². The number of benzene rings is 2. The molecule has 1 N–H and O–H groups in total. The molecule has 0 saturated carbocycles. The largest absolute Gasteiger partial charge is 0.491 e. The van der Waals surface area contributed by atoms with Crippen molar-refractivity contribution >= 4 is 0 Å². The van der Waals surface area contributed by atoms with Crippen LogP contribution in [-0.4, -0.2) is 13.2 Å². The van der Waals surface area contributed by atoms with Crippen molar-refractivity contribution < 1.29 is 4.74 Å². The summed E-state index contributed by atoms with van der Waals surface area (Å²) in [6.07, 6.45) is 0. The molecule has 0 aliphatic heterocycles. The first-order valence-corrected chi connectivity index (χ1v) is 7.19. The van der Waals surface area contributed by atoms with Crippen LogP contribution in [0.4, 0.5) is 0 Å². The van der Waals surface area contributed by atoms with Gasteiger partial charge in [0.25, 0.3) is 0 Å². The van der Waals surface area contributed by atoms with Crippen molar-refractivity contribution in [2.75, 3.05) is 13.2 Å². The smallest absolute Gasteiger partial charge is 0.122 e. The van der Waals surface area contributed by atoms with Crippen molar-refractivity contribution in [2.45, 2.75) is 26.8 Å². The van der Waals surface area contributed by atoms with E-state index in [-0.39, 0.29) is 6.04 Å². The van der Waals surface area contributed by atoms with Crippen LogP contribution in [0.2, 0.25) is 0 Å². The highest BCUT2D eigenvalue weighted by Gasteiger charge is 2.11. The lowest BCUT2D eigenvalue weighted by Crippen LogP contribution is -2.26. The predicted octanol–water partition coefficient (Wildman–Crippen LogP) is 4.03. The highest BCUT2D eigenvalue weighted by molar-refractivity contribution is 5.36. The van der Waals surface area contributed by atoms with Gasteiger partial charge in [0.1, 0.15) is 12.4 Å². The summed E-state index contributed by atoms with van der Waals surface area (Å²) in [6, 6.07) is 17.0. The molecular weight excluding hydrogens is 246 g/mol. The summed E-state index contributed by atoms with van der Waals surface area (Å²) in [5.74, 6) is 0.976. The Balaban J connectivity index is 2.07. The van der Waals surface area contributed by atoms with Gasteiger partial charge in [-0.1, -0.05) is 49.4 Å². The molecule has 1 unspecified atom stereocenters. The second kappa shape index (κ2) is 7.11. The monoisotopic (exact) mass is 269 g/mol. The minimum absolute atomic E-state index is 0.223. The number of likely N-dealkylation sites (N-methyl/N-ethyl adjacent to an activating group) is 1. The van der Waals surface area contributed by atoms with E-state index in [0.717, 1.165) is 12.3 Å². The maximum Gasteiger partial charge on any atom is 0.122 e. The standard InChI is InChI=1S/C18H23NO/c1-4-19-17(16-8-6-5-7-9-16)13-20-18-12-14(2)10-11-15(18)3/h5-12,17,19H,4,13H2,1-3H3. The molecule has 2 aromatic rings. The summed E-state index contributed by atoms with van der Waals surface area (Å²) in [7, 11) is 0. The van der Waals surface area contributed by atoms with Gasteiger partial charge in [-0.3, -0.25) is 0 Å². The molecule has 0 saturated heterocycles. The third kappa shape index (κ3) is 3.84. The van der Waals surface area contributed by atoms with Gasteiger partial charge in [0.05, 0.1) is 6.04 Å². The highest BCUT2D eigenvalue weighted by atomic mass is 16.5. The van der Waals surface area contributed by atoms with Crippen molar-refractivity contribution in [2.24, 2.45) is 0 Å². The molecule has 0 spiro atoms. The molecule has 0 radical (unpaired) electrons. The number of hydrogen-bond donors (Lipinski definition) is 1. The maximum absolute atomic E-state index is 6.02. The first-order valence-electron chi connectivity index (χ1n) is 7.19. The molecular formula is C18H23NO. The molecule has 0 heterocycles. The van der Waals surface area contributed by atoms with Crippen LogP contribution in [0, 0.1) is 13.8 Å². The van der Waals surface area contributed by atoms with E-state index in [9.17, 15) is 0 Å². The summed E-state index contributed by atoms with van der Waals surface area (Å²) < 4.78 is 6.02. The second-order valence-corrected chi connectivity index (χ2v) is 5.10. The quantitative estimate of drug-likeness (QED) is 0.854. The second-order valence-electron chi connectivity index (χ2n) is 5.10. The maximum atomic E-state index is 6.02. The third-order valence-electron chi connectivity index (χ3n) is 3.40. The molecule has 2 nitrogen and oxygen atoms in total. The molecule has 0 aliphatic carbocycles. The van der Waals surface area contributed by atoms with Crippen molar-refractivity contribution in [3.8, 4) is 5.75 Å². The fourth-order valence-electron chi connectivity index (χ4n) is 2.24. The van der Waals surface area contributed by atoms with Gasteiger partial charge in [0.15, 0.2) is 0 Å². The Bertz CT molecular complexity index is 536. The van der Waals surface area contributed by atoms with Gasteiger partial charge in [0.2, 0.25) is 0 Å². The van der Waals surface area contributed by atoms with Gasteiger partial charge in [0, 0.05) is 0 Å².